The van der Waals surface area contributed by atoms with Crippen LogP contribution in [0.4, 0.5) is 5.95 Å². The molecular formula is C11H12N6. The van der Waals surface area contributed by atoms with Crippen molar-refractivity contribution >= 4 is 11.6 Å². The highest BCUT2D eigenvalue weighted by Crippen LogP contribution is 2.08. The second-order valence-corrected chi connectivity index (χ2v) is 3.76. The molecule has 0 bridgehead atoms. The SMILES string of the molecule is Cc1cccc2nc(NCc3ncc[nH]3)nn12. The van der Waals surface area contributed by atoms with Gasteiger partial charge in [0.15, 0.2) is 5.65 Å². The topological polar surface area (TPSA) is 70.9 Å². The Labute approximate surface area is 97.7 Å². The highest BCUT2D eigenvalue weighted by molar-refractivity contribution is 5.44. The molecule has 2 N–H and O–H groups in total. The van der Waals surface area contributed by atoms with Gasteiger partial charge in [-0.3, -0.25) is 0 Å². The summed E-state index contributed by atoms with van der Waals surface area (Å²) < 4.78 is 1.81. The van der Waals surface area contributed by atoms with Gasteiger partial charge in [0.25, 0.3) is 0 Å². The molecule has 6 heteroatoms. The summed E-state index contributed by atoms with van der Waals surface area (Å²) in [6.07, 6.45) is 3.51. The summed E-state index contributed by atoms with van der Waals surface area (Å²) in [4.78, 5) is 11.5. The van der Waals surface area contributed by atoms with E-state index in [4.69, 9.17) is 0 Å². The van der Waals surface area contributed by atoms with E-state index in [1.807, 2.05) is 29.6 Å². The van der Waals surface area contributed by atoms with Gasteiger partial charge in [-0.15, -0.1) is 5.10 Å². The van der Waals surface area contributed by atoms with Crippen LogP contribution in [0.3, 0.4) is 0 Å². The molecule has 0 amide bonds. The van der Waals surface area contributed by atoms with Crippen molar-refractivity contribution in [3.63, 3.8) is 0 Å². The Balaban J connectivity index is 1.84. The van der Waals surface area contributed by atoms with Gasteiger partial charge in [0.05, 0.1) is 6.54 Å². The molecule has 86 valence electrons. The largest absolute Gasteiger partial charge is 0.347 e. The van der Waals surface area contributed by atoms with Crippen molar-refractivity contribution in [2.75, 3.05) is 5.32 Å². The van der Waals surface area contributed by atoms with Crippen LogP contribution in [0.25, 0.3) is 5.65 Å². The molecule has 0 aliphatic carbocycles. The maximum Gasteiger partial charge on any atom is 0.243 e. The smallest absolute Gasteiger partial charge is 0.243 e. The third-order valence-corrected chi connectivity index (χ3v) is 2.52. The third kappa shape index (κ3) is 1.84. The molecule has 0 saturated heterocycles. The first kappa shape index (κ1) is 9.83. The van der Waals surface area contributed by atoms with E-state index in [0.717, 1.165) is 17.2 Å². The van der Waals surface area contributed by atoms with Crippen LogP contribution >= 0.6 is 0 Å². The molecule has 0 spiro atoms. The lowest BCUT2D eigenvalue weighted by Crippen LogP contribution is -2.02. The first-order chi connectivity index (χ1) is 8.33. The molecule has 0 saturated carbocycles. The summed E-state index contributed by atoms with van der Waals surface area (Å²) in [7, 11) is 0. The van der Waals surface area contributed by atoms with E-state index in [2.05, 4.69) is 25.4 Å². The number of nitrogens with zero attached hydrogens (tertiary/aromatic N) is 4. The average Bonchev–Trinajstić information content (AvgIpc) is 2.95. The average molecular weight is 228 g/mol. The summed E-state index contributed by atoms with van der Waals surface area (Å²) in [5, 5.41) is 7.49. The minimum absolute atomic E-state index is 0.586. The van der Waals surface area contributed by atoms with Gasteiger partial charge in [0.2, 0.25) is 5.95 Å². The molecule has 3 aromatic rings. The second kappa shape index (κ2) is 3.89. The number of H-pyrrole nitrogens is 1. The van der Waals surface area contributed by atoms with Crippen molar-refractivity contribution in [1.29, 1.82) is 0 Å². The number of hydrogen-bond donors (Lipinski definition) is 2. The Morgan fingerprint density at radius 1 is 1.41 bits per heavy atom. The zero-order valence-corrected chi connectivity index (χ0v) is 9.38. The molecule has 0 unspecified atom stereocenters. The van der Waals surface area contributed by atoms with Crippen LogP contribution in [0.2, 0.25) is 0 Å². The van der Waals surface area contributed by atoms with Crippen LogP contribution in [0.5, 0.6) is 0 Å². The maximum absolute atomic E-state index is 4.37. The van der Waals surface area contributed by atoms with Gasteiger partial charge in [0.1, 0.15) is 5.82 Å². The normalized spacial score (nSPS) is 10.9. The van der Waals surface area contributed by atoms with Crippen molar-refractivity contribution in [1.82, 2.24) is 24.6 Å². The van der Waals surface area contributed by atoms with E-state index in [-0.39, 0.29) is 0 Å². The summed E-state index contributed by atoms with van der Waals surface area (Å²) in [5.41, 5.74) is 1.90. The summed E-state index contributed by atoms with van der Waals surface area (Å²) >= 11 is 0. The molecule has 0 aliphatic rings. The van der Waals surface area contributed by atoms with E-state index in [1.54, 1.807) is 12.4 Å². The molecule has 0 radical (unpaired) electrons. The third-order valence-electron chi connectivity index (χ3n) is 2.52. The van der Waals surface area contributed by atoms with Gasteiger partial charge in [0, 0.05) is 18.1 Å². The number of aromatic amines is 1. The summed E-state index contributed by atoms with van der Waals surface area (Å²) in [6, 6.07) is 5.89. The van der Waals surface area contributed by atoms with Crippen molar-refractivity contribution < 1.29 is 0 Å². The monoisotopic (exact) mass is 228 g/mol. The van der Waals surface area contributed by atoms with E-state index in [0.29, 0.717) is 12.5 Å². The fourth-order valence-corrected chi connectivity index (χ4v) is 1.67. The molecular weight excluding hydrogens is 216 g/mol. The fraction of sp³-hybridized carbons (Fsp3) is 0.182. The summed E-state index contributed by atoms with van der Waals surface area (Å²) in [6.45, 7) is 2.58. The van der Waals surface area contributed by atoms with Crippen LogP contribution in [-0.2, 0) is 6.54 Å². The lowest BCUT2D eigenvalue weighted by Gasteiger charge is -1.97. The van der Waals surface area contributed by atoms with Crippen LogP contribution in [0, 0.1) is 6.92 Å². The zero-order valence-electron chi connectivity index (χ0n) is 9.38. The van der Waals surface area contributed by atoms with Crippen LogP contribution in [0.1, 0.15) is 11.5 Å². The van der Waals surface area contributed by atoms with Crippen molar-refractivity contribution in [3.8, 4) is 0 Å². The van der Waals surface area contributed by atoms with Crippen molar-refractivity contribution in [2.24, 2.45) is 0 Å². The van der Waals surface area contributed by atoms with Crippen LogP contribution < -0.4 is 5.32 Å². The molecule has 0 fully saturated rings. The quantitative estimate of drug-likeness (QED) is 0.710. The molecule has 0 aliphatic heterocycles. The standard InChI is InChI=1S/C11H12N6/c1-8-3-2-4-10-15-11(16-17(8)10)14-7-9-12-5-6-13-9/h2-6H,7H2,1H3,(H,12,13)(H,14,16). The van der Waals surface area contributed by atoms with E-state index in [1.165, 1.54) is 0 Å². The Bertz CT molecular complexity index is 625. The Morgan fingerprint density at radius 3 is 3.12 bits per heavy atom. The predicted octanol–water partition coefficient (Wildman–Crippen LogP) is 1.37. The lowest BCUT2D eigenvalue weighted by molar-refractivity contribution is 0.901. The number of aromatic nitrogens is 5. The van der Waals surface area contributed by atoms with Gasteiger partial charge in [-0.2, -0.15) is 4.98 Å². The number of hydrogen-bond acceptors (Lipinski definition) is 4. The van der Waals surface area contributed by atoms with Gasteiger partial charge in [-0.05, 0) is 19.1 Å². The molecule has 3 aromatic heterocycles. The number of rotatable bonds is 3. The summed E-state index contributed by atoms with van der Waals surface area (Å²) in [5.74, 6) is 1.47. The molecule has 0 aromatic carbocycles. The number of nitrogens with one attached hydrogen (secondary N) is 2. The Kier molecular flexibility index (Phi) is 2.25. The molecule has 0 atom stereocenters. The van der Waals surface area contributed by atoms with Gasteiger partial charge >= 0.3 is 0 Å². The van der Waals surface area contributed by atoms with E-state index < -0.39 is 0 Å². The number of aryl methyl sites for hydroxylation is 1. The zero-order chi connectivity index (χ0) is 11.7. The van der Waals surface area contributed by atoms with Crippen LogP contribution in [0.15, 0.2) is 30.6 Å². The van der Waals surface area contributed by atoms with E-state index in [9.17, 15) is 0 Å². The van der Waals surface area contributed by atoms with Crippen LogP contribution in [-0.4, -0.2) is 24.6 Å². The molecule has 3 heterocycles. The second-order valence-electron chi connectivity index (χ2n) is 3.76. The Morgan fingerprint density at radius 2 is 2.35 bits per heavy atom. The maximum atomic E-state index is 4.37. The fourth-order valence-electron chi connectivity index (χ4n) is 1.67. The number of imidazole rings is 1. The lowest BCUT2D eigenvalue weighted by atomic mass is 10.4. The van der Waals surface area contributed by atoms with Gasteiger partial charge in [-0.1, -0.05) is 6.07 Å². The molecule has 3 rings (SSSR count). The first-order valence-electron chi connectivity index (χ1n) is 5.37. The predicted molar refractivity (Wildman–Crippen MR) is 63.6 cm³/mol. The minimum atomic E-state index is 0.586. The van der Waals surface area contributed by atoms with Gasteiger partial charge < -0.3 is 10.3 Å². The highest BCUT2D eigenvalue weighted by atomic mass is 15.4. The number of pyridine rings is 1. The molecule has 17 heavy (non-hydrogen) atoms. The minimum Gasteiger partial charge on any atom is -0.347 e. The highest BCUT2D eigenvalue weighted by Gasteiger charge is 2.04. The number of fused-ring (bicyclic) bond motifs is 1. The molecule has 6 nitrogen and oxygen atoms in total. The first-order valence-corrected chi connectivity index (χ1v) is 5.37. The van der Waals surface area contributed by atoms with Gasteiger partial charge in [-0.25, -0.2) is 9.50 Å². The van der Waals surface area contributed by atoms with Crippen molar-refractivity contribution in [3.05, 3.63) is 42.1 Å². The van der Waals surface area contributed by atoms with Crippen molar-refractivity contribution in [2.45, 2.75) is 13.5 Å². The van der Waals surface area contributed by atoms with E-state index >= 15 is 0 Å². The number of anilines is 1. The Hall–Kier alpha value is -2.37.